The third-order valence-corrected chi connectivity index (χ3v) is 3.39. The SMILES string of the molecule is C=COC(=O)[C@H](Cc1ccccc1)NC(=O)CCC(C=C)C(=O)O. The highest BCUT2D eigenvalue weighted by atomic mass is 16.5. The van der Waals surface area contributed by atoms with Crippen LogP contribution in [0.1, 0.15) is 18.4 Å². The number of aliphatic carboxylic acids is 1. The standard InChI is InChI=1S/C18H21NO5/c1-3-14(17(21)22)10-11-16(20)19-15(18(23)24-4-2)12-13-8-6-5-7-9-13/h3-9,14-15H,1-2,10-12H2,(H,19,20)(H,21,22)/t14?,15-/m0/s1. The molecule has 128 valence electrons. The van der Waals surface area contributed by atoms with Crippen LogP contribution in [0.15, 0.2) is 55.8 Å². The molecule has 0 aliphatic rings. The van der Waals surface area contributed by atoms with Crippen LogP contribution < -0.4 is 5.32 Å². The van der Waals surface area contributed by atoms with Gasteiger partial charge in [-0.05, 0) is 12.0 Å². The Kier molecular flexibility index (Phi) is 7.98. The second-order valence-corrected chi connectivity index (χ2v) is 5.13. The van der Waals surface area contributed by atoms with Crippen LogP contribution in [-0.2, 0) is 25.5 Å². The number of ether oxygens (including phenoxy) is 1. The maximum Gasteiger partial charge on any atom is 0.333 e. The summed E-state index contributed by atoms with van der Waals surface area (Å²) in [4.78, 5) is 34.9. The van der Waals surface area contributed by atoms with Gasteiger partial charge >= 0.3 is 11.9 Å². The summed E-state index contributed by atoms with van der Waals surface area (Å²) < 4.78 is 4.76. The highest BCUT2D eigenvalue weighted by molar-refractivity contribution is 5.85. The maximum absolute atomic E-state index is 12.0. The van der Waals surface area contributed by atoms with E-state index in [9.17, 15) is 14.4 Å². The predicted octanol–water partition coefficient (Wildman–Crippen LogP) is 2.07. The Morgan fingerprint density at radius 2 is 1.88 bits per heavy atom. The highest BCUT2D eigenvalue weighted by Crippen LogP contribution is 2.09. The Bertz CT molecular complexity index is 597. The molecular weight excluding hydrogens is 310 g/mol. The van der Waals surface area contributed by atoms with Gasteiger partial charge in [0.2, 0.25) is 5.91 Å². The summed E-state index contributed by atoms with van der Waals surface area (Å²) in [6.45, 7) is 6.76. The van der Waals surface area contributed by atoms with Crippen LogP contribution in [0.3, 0.4) is 0 Å². The lowest BCUT2D eigenvalue weighted by Gasteiger charge is -2.17. The number of amides is 1. The summed E-state index contributed by atoms with van der Waals surface area (Å²) in [5.74, 6) is -2.89. The van der Waals surface area contributed by atoms with Crippen molar-refractivity contribution in [3.8, 4) is 0 Å². The zero-order valence-corrected chi connectivity index (χ0v) is 13.3. The van der Waals surface area contributed by atoms with Crippen molar-refractivity contribution in [1.29, 1.82) is 0 Å². The molecular formula is C18H21NO5. The van der Waals surface area contributed by atoms with E-state index in [1.807, 2.05) is 30.3 Å². The summed E-state index contributed by atoms with van der Waals surface area (Å²) in [5, 5.41) is 11.5. The number of carboxylic acid groups (broad SMARTS) is 1. The average molecular weight is 331 g/mol. The van der Waals surface area contributed by atoms with Crippen molar-refractivity contribution in [1.82, 2.24) is 5.32 Å². The zero-order chi connectivity index (χ0) is 17.9. The fourth-order valence-corrected chi connectivity index (χ4v) is 2.10. The number of carboxylic acids is 1. The monoisotopic (exact) mass is 331 g/mol. The second-order valence-electron chi connectivity index (χ2n) is 5.13. The molecule has 0 fully saturated rings. The number of carbonyl (C=O) groups excluding carboxylic acids is 2. The molecule has 0 saturated carbocycles. The maximum atomic E-state index is 12.0. The average Bonchev–Trinajstić information content (AvgIpc) is 2.55. The van der Waals surface area contributed by atoms with Gasteiger partial charge in [-0.3, -0.25) is 9.59 Å². The van der Waals surface area contributed by atoms with Crippen LogP contribution in [-0.4, -0.2) is 29.0 Å². The number of carbonyl (C=O) groups is 3. The van der Waals surface area contributed by atoms with Gasteiger partial charge < -0.3 is 15.2 Å². The van der Waals surface area contributed by atoms with Crippen LogP contribution in [0.25, 0.3) is 0 Å². The third-order valence-electron chi connectivity index (χ3n) is 3.39. The number of esters is 1. The van der Waals surface area contributed by atoms with Gasteiger partial charge in [0, 0.05) is 12.8 Å². The van der Waals surface area contributed by atoms with E-state index in [0.717, 1.165) is 11.8 Å². The smallest absolute Gasteiger partial charge is 0.333 e. The van der Waals surface area contributed by atoms with E-state index in [-0.39, 0.29) is 19.3 Å². The third kappa shape index (κ3) is 6.48. The molecule has 1 aromatic rings. The minimum absolute atomic E-state index is 0.0321. The second kappa shape index (κ2) is 9.99. The summed E-state index contributed by atoms with van der Waals surface area (Å²) in [5.41, 5.74) is 0.860. The van der Waals surface area contributed by atoms with Crippen molar-refractivity contribution < 1.29 is 24.2 Å². The first kappa shape index (κ1) is 19.2. The Hall–Kier alpha value is -2.89. The fourth-order valence-electron chi connectivity index (χ4n) is 2.10. The fraction of sp³-hybridized carbons (Fsp3) is 0.278. The van der Waals surface area contributed by atoms with E-state index in [1.54, 1.807) is 0 Å². The minimum atomic E-state index is -1.04. The van der Waals surface area contributed by atoms with Crippen molar-refractivity contribution in [2.75, 3.05) is 0 Å². The molecule has 0 radical (unpaired) electrons. The molecule has 1 amide bonds. The van der Waals surface area contributed by atoms with Crippen molar-refractivity contribution in [2.24, 2.45) is 5.92 Å². The topological polar surface area (TPSA) is 92.7 Å². The van der Waals surface area contributed by atoms with Gasteiger partial charge in [-0.25, -0.2) is 4.79 Å². The number of nitrogens with one attached hydrogen (secondary N) is 1. The van der Waals surface area contributed by atoms with Crippen LogP contribution >= 0.6 is 0 Å². The molecule has 0 spiro atoms. The summed E-state index contributed by atoms with van der Waals surface area (Å²) >= 11 is 0. The first-order valence-electron chi connectivity index (χ1n) is 7.48. The molecule has 2 atom stereocenters. The Morgan fingerprint density at radius 3 is 2.42 bits per heavy atom. The number of hydrogen-bond donors (Lipinski definition) is 2. The molecule has 0 saturated heterocycles. The lowest BCUT2D eigenvalue weighted by Crippen LogP contribution is -2.43. The molecule has 6 nitrogen and oxygen atoms in total. The van der Waals surface area contributed by atoms with E-state index >= 15 is 0 Å². The quantitative estimate of drug-likeness (QED) is 0.389. The van der Waals surface area contributed by atoms with E-state index in [0.29, 0.717) is 0 Å². The molecule has 0 heterocycles. The normalized spacial score (nSPS) is 12.5. The molecule has 6 heteroatoms. The van der Waals surface area contributed by atoms with Crippen LogP contribution in [0.4, 0.5) is 0 Å². The first-order chi connectivity index (χ1) is 11.5. The van der Waals surface area contributed by atoms with E-state index < -0.39 is 29.8 Å². The molecule has 0 bridgehead atoms. The van der Waals surface area contributed by atoms with Gasteiger partial charge in [0.05, 0.1) is 12.2 Å². The zero-order valence-electron chi connectivity index (χ0n) is 13.3. The number of hydrogen-bond acceptors (Lipinski definition) is 4. The van der Waals surface area contributed by atoms with Crippen LogP contribution in [0.5, 0.6) is 0 Å². The largest absolute Gasteiger partial charge is 0.481 e. The first-order valence-corrected chi connectivity index (χ1v) is 7.48. The van der Waals surface area contributed by atoms with Gasteiger partial charge in [0.15, 0.2) is 0 Å². The van der Waals surface area contributed by atoms with Gasteiger partial charge in [0.1, 0.15) is 6.04 Å². The molecule has 0 aliphatic heterocycles. The molecule has 2 N–H and O–H groups in total. The van der Waals surface area contributed by atoms with E-state index in [2.05, 4.69) is 18.5 Å². The lowest BCUT2D eigenvalue weighted by atomic mass is 10.0. The molecule has 0 aromatic heterocycles. The molecule has 1 unspecified atom stereocenters. The summed E-state index contributed by atoms with van der Waals surface area (Å²) in [6, 6.07) is 8.30. The molecule has 1 rings (SSSR count). The number of rotatable bonds is 10. The minimum Gasteiger partial charge on any atom is -0.481 e. The van der Waals surface area contributed by atoms with Crippen LogP contribution in [0, 0.1) is 5.92 Å². The Labute approximate surface area is 140 Å². The van der Waals surface area contributed by atoms with Crippen molar-refractivity contribution in [2.45, 2.75) is 25.3 Å². The molecule has 1 aromatic carbocycles. The van der Waals surface area contributed by atoms with Gasteiger partial charge in [-0.2, -0.15) is 0 Å². The Balaban J connectivity index is 2.68. The highest BCUT2D eigenvalue weighted by Gasteiger charge is 2.23. The Morgan fingerprint density at radius 1 is 1.21 bits per heavy atom. The number of benzene rings is 1. The van der Waals surface area contributed by atoms with Crippen LogP contribution in [0.2, 0.25) is 0 Å². The summed E-state index contributed by atoms with van der Waals surface area (Å²) in [6.07, 6.45) is 2.63. The van der Waals surface area contributed by atoms with E-state index in [1.165, 1.54) is 6.08 Å². The van der Waals surface area contributed by atoms with Gasteiger partial charge in [-0.1, -0.05) is 43.0 Å². The molecule has 0 aliphatic carbocycles. The lowest BCUT2D eigenvalue weighted by molar-refractivity contribution is -0.143. The van der Waals surface area contributed by atoms with E-state index in [4.69, 9.17) is 9.84 Å². The molecule has 24 heavy (non-hydrogen) atoms. The van der Waals surface area contributed by atoms with Crippen molar-refractivity contribution >= 4 is 17.8 Å². The summed E-state index contributed by atoms with van der Waals surface area (Å²) in [7, 11) is 0. The predicted molar refractivity (Wildman–Crippen MR) is 88.9 cm³/mol. The van der Waals surface area contributed by atoms with Crippen molar-refractivity contribution in [3.63, 3.8) is 0 Å². The van der Waals surface area contributed by atoms with Gasteiger partial charge in [-0.15, -0.1) is 6.58 Å². The van der Waals surface area contributed by atoms with Gasteiger partial charge in [0.25, 0.3) is 0 Å². The van der Waals surface area contributed by atoms with Crippen molar-refractivity contribution in [3.05, 3.63) is 61.4 Å².